The van der Waals surface area contributed by atoms with E-state index >= 15 is 0 Å². The van der Waals surface area contributed by atoms with Gasteiger partial charge in [0.15, 0.2) is 0 Å². The lowest BCUT2D eigenvalue weighted by molar-refractivity contribution is 0.0179. The number of rotatable bonds is 1. The van der Waals surface area contributed by atoms with E-state index in [0.29, 0.717) is 13.2 Å². The average molecular weight is 159 g/mol. The molecule has 4 nitrogen and oxygen atoms in total. The molecule has 0 aromatic heterocycles. The van der Waals surface area contributed by atoms with Crippen LogP contribution in [-0.2, 0) is 9.47 Å². The number of aliphatic hydroxyl groups excluding tert-OH is 1. The summed E-state index contributed by atoms with van der Waals surface area (Å²) >= 11 is 0. The molecule has 0 aromatic carbocycles. The molecule has 4 atom stereocenters. The fourth-order valence-electron chi connectivity index (χ4n) is 1.73. The molecule has 2 rings (SSSR count). The van der Waals surface area contributed by atoms with Gasteiger partial charge in [-0.1, -0.05) is 0 Å². The second kappa shape index (κ2) is 2.71. The maximum absolute atomic E-state index is 9.33. The van der Waals surface area contributed by atoms with Crippen LogP contribution in [0.3, 0.4) is 0 Å². The highest BCUT2D eigenvalue weighted by atomic mass is 16.6. The molecule has 2 N–H and O–H groups in total. The number of ether oxygens (including phenoxy) is 2. The van der Waals surface area contributed by atoms with Gasteiger partial charge in [-0.15, -0.1) is 0 Å². The number of fused-ring (bicyclic) bond motifs is 1. The quantitative estimate of drug-likeness (QED) is 0.501. The zero-order valence-electron chi connectivity index (χ0n) is 6.49. The smallest absolute Gasteiger partial charge is 0.113 e. The van der Waals surface area contributed by atoms with E-state index in [1.807, 2.05) is 7.05 Å². The van der Waals surface area contributed by atoms with Crippen LogP contribution < -0.4 is 5.32 Å². The average Bonchev–Trinajstić information content (AvgIpc) is 2.53. The van der Waals surface area contributed by atoms with E-state index in [1.54, 1.807) is 0 Å². The van der Waals surface area contributed by atoms with Crippen molar-refractivity contribution >= 4 is 0 Å². The Labute approximate surface area is 65.5 Å². The second-order valence-corrected chi connectivity index (χ2v) is 3.06. The molecular formula is C7H13NO3. The Morgan fingerprint density at radius 2 is 2.00 bits per heavy atom. The van der Waals surface area contributed by atoms with Gasteiger partial charge in [0.1, 0.15) is 18.3 Å². The maximum atomic E-state index is 9.33. The van der Waals surface area contributed by atoms with Gasteiger partial charge >= 0.3 is 0 Å². The number of hydrogen-bond donors (Lipinski definition) is 2. The summed E-state index contributed by atoms with van der Waals surface area (Å²) in [5.74, 6) is 0. The van der Waals surface area contributed by atoms with Crippen molar-refractivity contribution in [3.05, 3.63) is 0 Å². The van der Waals surface area contributed by atoms with Crippen LogP contribution in [0.1, 0.15) is 0 Å². The predicted octanol–water partition coefficient (Wildman–Crippen LogP) is -1.27. The van der Waals surface area contributed by atoms with E-state index in [1.165, 1.54) is 0 Å². The highest BCUT2D eigenvalue weighted by Gasteiger charge is 2.46. The Hall–Kier alpha value is -0.160. The van der Waals surface area contributed by atoms with Crippen molar-refractivity contribution in [3.63, 3.8) is 0 Å². The number of nitrogens with one attached hydrogen (secondary N) is 1. The molecule has 0 aromatic rings. The van der Waals surface area contributed by atoms with Gasteiger partial charge in [-0.25, -0.2) is 0 Å². The minimum Gasteiger partial charge on any atom is -0.388 e. The van der Waals surface area contributed by atoms with Crippen molar-refractivity contribution in [2.45, 2.75) is 24.4 Å². The van der Waals surface area contributed by atoms with Crippen LogP contribution in [-0.4, -0.2) is 49.7 Å². The van der Waals surface area contributed by atoms with Crippen LogP contribution in [0.5, 0.6) is 0 Å². The van der Waals surface area contributed by atoms with Crippen molar-refractivity contribution in [2.75, 3.05) is 20.3 Å². The van der Waals surface area contributed by atoms with Crippen LogP contribution in [0, 0.1) is 0 Å². The lowest BCUT2D eigenvalue weighted by Gasteiger charge is -2.13. The summed E-state index contributed by atoms with van der Waals surface area (Å²) in [4.78, 5) is 0. The summed E-state index contributed by atoms with van der Waals surface area (Å²) in [6.07, 6.45) is -0.485. The van der Waals surface area contributed by atoms with E-state index in [2.05, 4.69) is 5.32 Å². The first kappa shape index (κ1) is 7.49. The Bertz CT molecular complexity index is 153. The van der Waals surface area contributed by atoms with Crippen LogP contribution >= 0.6 is 0 Å². The highest BCUT2D eigenvalue weighted by Crippen LogP contribution is 2.26. The van der Waals surface area contributed by atoms with E-state index in [9.17, 15) is 5.11 Å². The minimum atomic E-state index is -0.432. The van der Waals surface area contributed by atoms with Gasteiger partial charge in [0.2, 0.25) is 0 Å². The summed E-state index contributed by atoms with van der Waals surface area (Å²) < 4.78 is 10.7. The summed E-state index contributed by atoms with van der Waals surface area (Å²) in [6.45, 7) is 1.05. The number of hydrogen-bond acceptors (Lipinski definition) is 4. The summed E-state index contributed by atoms with van der Waals surface area (Å²) in [5, 5.41) is 12.4. The molecule has 11 heavy (non-hydrogen) atoms. The van der Waals surface area contributed by atoms with Gasteiger partial charge in [0, 0.05) is 0 Å². The third kappa shape index (κ3) is 1.06. The Morgan fingerprint density at radius 1 is 1.27 bits per heavy atom. The van der Waals surface area contributed by atoms with Crippen LogP contribution in [0.25, 0.3) is 0 Å². The first-order chi connectivity index (χ1) is 5.33. The monoisotopic (exact) mass is 159 g/mol. The molecule has 64 valence electrons. The van der Waals surface area contributed by atoms with Crippen molar-refractivity contribution in [2.24, 2.45) is 0 Å². The Balaban J connectivity index is 2.04. The zero-order chi connectivity index (χ0) is 7.84. The lowest BCUT2D eigenvalue weighted by atomic mass is 10.1. The van der Waals surface area contributed by atoms with Gasteiger partial charge in [-0.3, -0.25) is 0 Å². The SMILES string of the molecule is CNC1COC2C(O)COC12. The summed E-state index contributed by atoms with van der Waals surface area (Å²) in [5.41, 5.74) is 0. The zero-order valence-corrected chi connectivity index (χ0v) is 6.49. The Morgan fingerprint density at radius 3 is 2.73 bits per heavy atom. The molecule has 2 saturated heterocycles. The van der Waals surface area contributed by atoms with Crippen molar-refractivity contribution in [3.8, 4) is 0 Å². The van der Waals surface area contributed by atoms with Gasteiger partial charge in [0.05, 0.1) is 19.3 Å². The molecule has 4 heteroatoms. The summed E-state index contributed by atoms with van der Waals surface area (Å²) in [6, 6.07) is 0.247. The second-order valence-electron chi connectivity index (χ2n) is 3.06. The molecule has 2 aliphatic rings. The fraction of sp³-hybridized carbons (Fsp3) is 1.00. The van der Waals surface area contributed by atoms with Gasteiger partial charge in [-0.05, 0) is 7.05 Å². The fourth-order valence-corrected chi connectivity index (χ4v) is 1.73. The molecule has 0 radical (unpaired) electrons. The third-order valence-electron chi connectivity index (χ3n) is 2.40. The van der Waals surface area contributed by atoms with Crippen molar-refractivity contribution in [1.82, 2.24) is 5.32 Å². The van der Waals surface area contributed by atoms with Crippen LogP contribution in [0.2, 0.25) is 0 Å². The molecular weight excluding hydrogens is 146 g/mol. The topological polar surface area (TPSA) is 50.7 Å². The Kier molecular flexibility index (Phi) is 1.85. The van der Waals surface area contributed by atoms with Gasteiger partial charge < -0.3 is 19.9 Å². The maximum Gasteiger partial charge on any atom is 0.113 e. The molecule has 2 aliphatic heterocycles. The summed E-state index contributed by atoms with van der Waals surface area (Å²) in [7, 11) is 1.88. The van der Waals surface area contributed by atoms with E-state index in [-0.39, 0.29) is 18.2 Å². The first-order valence-electron chi connectivity index (χ1n) is 3.91. The molecule has 4 unspecified atom stereocenters. The highest BCUT2D eigenvalue weighted by molar-refractivity contribution is 4.96. The lowest BCUT2D eigenvalue weighted by Crippen LogP contribution is -2.39. The number of aliphatic hydroxyl groups is 1. The number of likely N-dealkylation sites (N-methyl/N-ethyl adjacent to an activating group) is 1. The largest absolute Gasteiger partial charge is 0.388 e. The van der Waals surface area contributed by atoms with Crippen molar-refractivity contribution < 1.29 is 14.6 Å². The standard InChI is InChI=1S/C7H13NO3/c1-8-4-2-10-7-5(9)3-11-6(4)7/h4-9H,2-3H2,1H3. The molecule has 0 amide bonds. The first-order valence-corrected chi connectivity index (χ1v) is 3.91. The van der Waals surface area contributed by atoms with Crippen LogP contribution in [0.15, 0.2) is 0 Å². The minimum absolute atomic E-state index is 0.0509. The van der Waals surface area contributed by atoms with E-state index in [4.69, 9.17) is 9.47 Å². The van der Waals surface area contributed by atoms with Gasteiger partial charge in [0.25, 0.3) is 0 Å². The molecule has 0 bridgehead atoms. The normalized spacial score (nSPS) is 49.6. The molecule has 0 aliphatic carbocycles. The van der Waals surface area contributed by atoms with Gasteiger partial charge in [-0.2, -0.15) is 0 Å². The molecule has 2 fully saturated rings. The molecule has 0 saturated carbocycles. The third-order valence-corrected chi connectivity index (χ3v) is 2.40. The van der Waals surface area contributed by atoms with E-state index < -0.39 is 6.10 Å². The molecule has 2 heterocycles. The van der Waals surface area contributed by atoms with Crippen LogP contribution in [0.4, 0.5) is 0 Å². The molecule has 0 spiro atoms. The predicted molar refractivity (Wildman–Crippen MR) is 38.3 cm³/mol. The van der Waals surface area contributed by atoms with Crippen molar-refractivity contribution in [1.29, 1.82) is 0 Å². The van der Waals surface area contributed by atoms with E-state index in [0.717, 1.165) is 0 Å².